The second-order valence-corrected chi connectivity index (χ2v) is 9.32. The van der Waals surface area contributed by atoms with Gasteiger partial charge in [0.05, 0.1) is 30.3 Å². The highest BCUT2D eigenvalue weighted by Crippen LogP contribution is 2.34. The van der Waals surface area contributed by atoms with Crippen LogP contribution in [0.5, 0.6) is 0 Å². The Balaban J connectivity index is 1.65. The van der Waals surface area contributed by atoms with Gasteiger partial charge in [-0.2, -0.15) is 13.2 Å². The summed E-state index contributed by atoms with van der Waals surface area (Å²) in [5.74, 6) is -1.52. The number of alkyl halides is 3. The van der Waals surface area contributed by atoms with Crippen molar-refractivity contribution < 1.29 is 31.9 Å². The number of ether oxygens (including phenoxy) is 1. The summed E-state index contributed by atoms with van der Waals surface area (Å²) >= 11 is 5.87. The summed E-state index contributed by atoms with van der Waals surface area (Å²) in [6.45, 7) is 4.63. The molecular weight excluding hydrogens is 518 g/mol. The molecular formula is C24H26ClF4N5O3. The number of carbonyl (C=O) groups is 2. The summed E-state index contributed by atoms with van der Waals surface area (Å²) in [6.07, 6.45) is -4.66. The van der Waals surface area contributed by atoms with Crippen LogP contribution in [0.2, 0.25) is 5.02 Å². The van der Waals surface area contributed by atoms with Crippen LogP contribution < -0.4 is 9.80 Å². The first-order valence-electron chi connectivity index (χ1n) is 11.6. The van der Waals surface area contributed by atoms with Crippen molar-refractivity contribution >= 4 is 35.0 Å². The third kappa shape index (κ3) is 5.97. The number of hydrogen-bond donors (Lipinski definition) is 0. The Bertz CT molecular complexity index is 1180. The highest BCUT2D eigenvalue weighted by atomic mass is 35.5. The molecule has 8 nitrogen and oxygen atoms in total. The van der Waals surface area contributed by atoms with Crippen molar-refractivity contribution in [2.24, 2.45) is 0 Å². The Hall–Kier alpha value is -2.96. The van der Waals surface area contributed by atoms with Crippen molar-refractivity contribution in [2.45, 2.75) is 19.1 Å². The summed E-state index contributed by atoms with van der Waals surface area (Å²) in [5.41, 5.74) is -0.655. The van der Waals surface area contributed by atoms with Crippen LogP contribution in [0.15, 0.2) is 30.3 Å². The van der Waals surface area contributed by atoms with Crippen LogP contribution in [0, 0.1) is 12.7 Å². The van der Waals surface area contributed by atoms with E-state index >= 15 is 0 Å². The molecule has 2 aliphatic rings. The molecule has 0 spiro atoms. The lowest BCUT2D eigenvalue weighted by molar-refractivity contribution is -0.137. The number of carbonyl (C=O) groups excluding carboxylic acids is 2. The van der Waals surface area contributed by atoms with Gasteiger partial charge in [-0.1, -0.05) is 11.6 Å². The number of morpholine rings is 1. The van der Waals surface area contributed by atoms with Crippen molar-refractivity contribution in [3.05, 3.63) is 52.4 Å². The average molecular weight is 544 g/mol. The van der Waals surface area contributed by atoms with E-state index in [2.05, 4.69) is 9.88 Å². The summed E-state index contributed by atoms with van der Waals surface area (Å²) in [4.78, 5) is 37.0. The number of aryl methyl sites for hydroxylation is 1. The molecule has 13 heteroatoms. The quantitative estimate of drug-likeness (QED) is 0.518. The second kappa shape index (κ2) is 10.8. The minimum atomic E-state index is -4.66. The smallest absolute Gasteiger partial charge is 0.379 e. The maximum absolute atomic E-state index is 13.7. The third-order valence-electron chi connectivity index (χ3n) is 6.39. The number of urea groups is 1. The molecule has 2 aliphatic heterocycles. The van der Waals surface area contributed by atoms with E-state index in [1.165, 1.54) is 35.9 Å². The molecule has 0 N–H and O–H groups in total. The van der Waals surface area contributed by atoms with Gasteiger partial charge in [-0.15, -0.1) is 0 Å². The molecule has 0 bridgehead atoms. The zero-order valence-electron chi connectivity index (χ0n) is 20.3. The molecule has 1 atom stereocenters. The summed E-state index contributed by atoms with van der Waals surface area (Å²) in [6, 6.07) is 3.58. The maximum atomic E-state index is 13.7. The first-order chi connectivity index (χ1) is 17.5. The first kappa shape index (κ1) is 27.1. The lowest BCUT2D eigenvalue weighted by Crippen LogP contribution is -2.47. The predicted octanol–water partition coefficient (Wildman–Crippen LogP) is 3.81. The molecule has 1 aromatic heterocycles. The molecule has 0 radical (unpaired) electrons. The van der Waals surface area contributed by atoms with Crippen LogP contribution >= 0.6 is 11.6 Å². The van der Waals surface area contributed by atoms with E-state index in [1.807, 2.05) is 0 Å². The highest BCUT2D eigenvalue weighted by molar-refractivity contribution is 6.31. The molecule has 4 rings (SSSR count). The van der Waals surface area contributed by atoms with Crippen LogP contribution in [0.3, 0.4) is 0 Å². The van der Waals surface area contributed by atoms with Gasteiger partial charge in [0.15, 0.2) is 0 Å². The van der Waals surface area contributed by atoms with Gasteiger partial charge in [-0.05, 0) is 37.3 Å². The van der Waals surface area contributed by atoms with Gasteiger partial charge in [0.25, 0.3) is 5.91 Å². The van der Waals surface area contributed by atoms with E-state index in [0.29, 0.717) is 32.8 Å². The normalized spacial score (nSPS) is 19.0. The maximum Gasteiger partial charge on any atom is 0.416 e. The molecule has 200 valence electrons. The van der Waals surface area contributed by atoms with E-state index in [-0.39, 0.29) is 35.3 Å². The van der Waals surface area contributed by atoms with Gasteiger partial charge in [-0.3, -0.25) is 14.6 Å². The Morgan fingerprint density at radius 1 is 1.19 bits per heavy atom. The molecule has 2 aromatic rings. The van der Waals surface area contributed by atoms with E-state index in [0.717, 1.165) is 23.1 Å². The van der Waals surface area contributed by atoms with E-state index in [4.69, 9.17) is 16.3 Å². The Kier molecular flexibility index (Phi) is 7.91. The van der Waals surface area contributed by atoms with Crippen LogP contribution in [-0.4, -0.2) is 85.7 Å². The Morgan fingerprint density at radius 3 is 2.54 bits per heavy atom. The lowest BCUT2D eigenvalue weighted by atomic mass is 10.1. The Morgan fingerprint density at radius 2 is 1.89 bits per heavy atom. The fourth-order valence-corrected chi connectivity index (χ4v) is 4.53. The van der Waals surface area contributed by atoms with Crippen LogP contribution in [0.25, 0.3) is 0 Å². The van der Waals surface area contributed by atoms with Gasteiger partial charge in [-0.25, -0.2) is 14.2 Å². The van der Waals surface area contributed by atoms with Gasteiger partial charge in [0, 0.05) is 44.6 Å². The summed E-state index contributed by atoms with van der Waals surface area (Å²) in [5, 5.41) is -0.196. The Labute approximate surface area is 216 Å². The molecule has 2 saturated heterocycles. The van der Waals surface area contributed by atoms with E-state index in [1.54, 1.807) is 0 Å². The van der Waals surface area contributed by atoms with Crippen LogP contribution in [0.1, 0.15) is 11.3 Å². The molecule has 3 amide bonds. The number of rotatable bonds is 6. The topological polar surface area (TPSA) is 69.2 Å². The second-order valence-electron chi connectivity index (χ2n) is 8.92. The van der Waals surface area contributed by atoms with Crippen molar-refractivity contribution in [1.82, 2.24) is 14.8 Å². The number of hydrogen-bond acceptors (Lipinski definition) is 5. The number of pyridine rings is 1. The minimum absolute atomic E-state index is 0.0502. The van der Waals surface area contributed by atoms with Gasteiger partial charge in [0.1, 0.15) is 17.7 Å². The number of anilines is 2. The summed E-state index contributed by atoms with van der Waals surface area (Å²) < 4.78 is 59.6. The molecule has 1 aromatic carbocycles. The molecule has 37 heavy (non-hydrogen) atoms. The lowest BCUT2D eigenvalue weighted by Gasteiger charge is -2.28. The number of amides is 3. The number of benzene rings is 1. The zero-order valence-corrected chi connectivity index (χ0v) is 21.0. The molecule has 1 unspecified atom stereocenters. The molecule has 3 heterocycles. The number of aromatic nitrogens is 1. The third-order valence-corrected chi connectivity index (χ3v) is 6.68. The average Bonchev–Trinajstić information content (AvgIpc) is 3.19. The first-order valence-corrected chi connectivity index (χ1v) is 12.0. The number of nitrogens with zero attached hydrogens (tertiary/aromatic N) is 5. The monoisotopic (exact) mass is 543 g/mol. The number of halogens is 5. The van der Waals surface area contributed by atoms with Crippen molar-refractivity contribution in [1.29, 1.82) is 0 Å². The number of likely N-dealkylation sites (N-methyl/N-ethyl adjacent to an activating group) is 1. The molecule has 2 fully saturated rings. The predicted molar refractivity (Wildman–Crippen MR) is 129 cm³/mol. The van der Waals surface area contributed by atoms with Crippen molar-refractivity contribution in [3.63, 3.8) is 0 Å². The largest absolute Gasteiger partial charge is 0.416 e. The zero-order chi connectivity index (χ0) is 26.9. The highest BCUT2D eigenvalue weighted by Gasteiger charge is 2.45. The minimum Gasteiger partial charge on any atom is -0.379 e. The van der Waals surface area contributed by atoms with Crippen molar-refractivity contribution in [3.8, 4) is 0 Å². The summed E-state index contributed by atoms with van der Waals surface area (Å²) in [7, 11) is 1.43. The van der Waals surface area contributed by atoms with Gasteiger partial charge in [0.2, 0.25) is 0 Å². The molecule has 0 saturated carbocycles. The SMILES string of the molecule is Cc1cc(C(F)(F)F)cc(N2C(=O)N(CCN3CCOCC3)CC2C(=O)N(C)c2ccc(F)c(Cl)c2)n1. The van der Waals surface area contributed by atoms with E-state index in [9.17, 15) is 27.2 Å². The molecule has 0 aliphatic carbocycles. The van der Waals surface area contributed by atoms with E-state index < -0.39 is 35.5 Å². The van der Waals surface area contributed by atoms with Crippen molar-refractivity contribution in [2.75, 3.05) is 62.8 Å². The van der Waals surface area contributed by atoms with Crippen LogP contribution in [0.4, 0.5) is 33.9 Å². The van der Waals surface area contributed by atoms with Crippen LogP contribution in [-0.2, 0) is 15.7 Å². The fourth-order valence-electron chi connectivity index (χ4n) is 4.36. The fraction of sp³-hybridized carbons (Fsp3) is 0.458. The van der Waals surface area contributed by atoms with Gasteiger partial charge < -0.3 is 14.5 Å². The van der Waals surface area contributed by atoms with Gasteiger partial charge >= 0.3 is 12.2 Å². The standard InChI is InChI=1S/C24H26ClF4N5O3/c1-15-11-16(24(27,28)29)12-21(30-15)34-20(22(35)31(2)17-3-4-19(26)18(25)13-17)14-33(23(34)36)6-5-32-7-9-37-10-8-32/h3-4,11-13,20H,5-10,14H2,1-2H3.